The lowest BCUT2D eigenvalue weighted by Crippen LogP contribution is -2.65. The van der Waals surface area contributed by atoms with Gasteiger partial charge < -0.3 is 95.3 Å². The van der Waals surface area contributed by atoms with Crippen molar-refractivity contribution in [2.24, 2.45) is 0 Å². The van der Waals surface area contributed by atoms with Crippen LogP contribution in [0, 0.1) is 0 Å². The fraction of sp³-hybridized carbons (Fsp3) is 1.00. The minimum absolute atomic E-state index is 0.117. The topological polar surface area (TPSA) is 293 Å². The van der Waals surface area contributed by atoms with Crippen molar-refractivity contribution in [2.75, 3.05) is 56.1 Å². The Hall–Kier alpha value is 2.63. The highest BCUT2D eigenvalue weighted by atomic mass is 28.5. The molecule has 0 aromatic carbocycles. The van der Waals surface area contributed by atoms with Crippen LogP contribution in [0.25, 0.3) is 0 Å². The van der Waals surface area contributed by atoms with Crippen LogP contribution in [0.5, 0.6) is 0 Å². The molecule has 0 amide bonds. The van der Waals surface area contributed by atoms with Crippen molar-refractivity contribution in [1.29, 1.82) is 0 Å². The highest BCUT2D eigenvalue weighted by Crippen LogP contribution is 2.41. The molecule has 0 fully saturated rings. The van der Waals surface area contributed by atoms with Crippen LogP contribution in [0.4, 0.5) is 0 Å². The highest BCUT2D eigenvalue weighted by molar-refractivity contribution is 6.95. The summed E-state index contributed by atoms with van der Waals surface area (Å²) in [6.45, 7) is 52.7. The van der Waals surface area contributed by atoms with Gasteiger partial charge in [0, 0.05) is 24.7 Å². The summed E-state index contributed by atoms with van der Waals surface area (Å²) in [7, 11) is -49.5. The van der Waals surface area contributed by atoms with Crippen LogP contribution in [0.1, 0.15) is 139 Å². The lowest BCUT2D eigenvalue weighted by Gasteiger charge is -2.47. The van der Waals surface area contributed by atoms with Gasteiger partial charge >= 0.3 is 35.2 Å². The van der Waals surface area contributed by atoms with Crippen molar-refractivity contribution >= 4 is 135 Å². The third-order valence-corrected chi connectivity index (χ3v) is 86.4. The van der Waals surface area contributed by atoms with Crippen molar-refractivity contribution in [3.8, 4) is 0 Å². The Morgan fingerprint density at radius 2 is 0.296 bits per heavy atom. The molecule has 0 aliphatic rings. The van der Waals surface area contributed by atoms with E-state index < -0.39 is 135 Å². The van der Waals surface area contributed by atoms with Gasteiger partial charge in [-0.25, -0.2) is 0 Å². The second kappa shape index (κ2) is 45.1. The third-order valence-electron chi connectivity index (χ3n) is 18.8. The number of hydrogen-bond acceptors (Lipinski definition) is 21. The van der Waals surface area contributed by atoms with Gasteiger partial charge in [-0.3, -0.25) is 0 Å². The molecular formula is C61H156O21Si16. The van der Waals surface area contributed by atoms with Crippen molar-refractivity contribution in [1.82, 2.24) is 0 Å². The van der Waals surface area contributed by atoms with Crippen molar-refractivity contribution in [3.63, 3.8) is 0 Å². The molecule has 0 aliphatic heterocycles. The van der Waals surface area contributed by atoms with E-state index in [9.17, 15) is 46.0 Å². The zero-order chi connectivity index (χ0) is 75.9. The van der Waals surface area contributed by atoms with Crippen molar-refractivity contribution in [2.45, 2.75) is 335 Å². The normalized spacial score (nSPS) is 21.1. The second-order valence-electron chi connectivity index (χ2n) is 33.2. The van der Waals surface area contributed by atoms with Gasteiger partial charge in [0.1, 0.15) is 0 Å². The maximum atomic E-state index is 11.2. The van der Waals surface area contributed by atoms with E-state index in [0.717, 1.165) is 57.8 Å². The summed E-state index contributed by atoms with van der Waals surface area (Å²) in [6.07, 6.45) is 7.99. The quantitative estimate of drug-likeness (QED) is 0.0256. The molecule has 0 aromatic heterocycles. The van der Waals surface area contributed by atoms with E-state index in [-0.39, 0.29) is 56.1 Å². The summed E-state index contributed by atoms with van der Waals surface area (Å²) in [5.74, 6) is 0. The van der Waals surface area contributed by atoms with Crippen molar-refractivity contribution in [3.05, 3.63) is 0 Å². The number of rotatable bonds is 63. The van der Waals surface area contributed by atoms with E-state index in [2.05, 4.69) is 167 Å². The molecular weight excluding hydrogens is 1520 g/mol. The molecule has 9 atom stereocenters. The Kier molecular flexibility index (Phi) is 46.3. The molecule has 0 saturated carbocycles. The van der Waals surface area contributed by atoms with E-state index in [1.165, 1.54) is 0 Å². The first-order chi connectivity index (χ1) is 45.2. The molecule has 0 spiro atoms. The van der Waals surface area contributed by atoms with Gasteiger partial charge in [0.05, 0.1) is 56.1 Å². The first-order valence-corrected chi connectivity index (χ1v) is 80.9. The van der Waals surface area contributed by atoms with E-state index >= 15 is 0 Å². The van der Waals surface area contributed by atoms with Gasteiger partial charge in [-0.05, 0) is 190 Å². The number of hydrogen-bond donors (Lipinski definition) is 9. The Morgan fingerprint density at radius 3 is 0.398 bits per heavy atom. The molecule has 9 unspecified atom stereocenters. The minimum atomic E-state index is -3.80. The van der Waals surface area contributed by atoms with Gasteiger partial charge in [0.25, 0.3) is 0 Å². The fourth-order valence-corrected chi connectivity index (χ4v) is 87.5. The molecule has 0 aliphatic carbocycles. The van der Waals surface area contributed by atoms with Gasteiger partial charge in [-0.15, -0.1) is 0 Å². The third kappa shape index (κ3) is 36.0. The summed E-state index contributed by atoms with van der Waals surface area (Å²) in [5.41, 5.74) is 0. The summed E-state index contributed by atoms with van der Waals surface area (Å²) < 4.78 is 90.0. The zero-order valence-corrected chi connectivity index (χ0v) is 83.4. The fourth-order valence-electron chi connectivity index (χ4n) is 14.2. The zero-order valence-electron chi connectivity index (χ0n) is 67.4. The smallest absolute Gasteiger partial charge is 0.417 e. The van der Waals surface area contributed by atoms with Crippen LogP contribution < -0.4 is 0 Å². The predicted molar refractivity (Wildman–Crippen MR) is 441 cm³/mol. The Balaban J connectivity index is 8.65. The molecule has 98 heavy (non-hydrogen) atoms. The molecule has 0 bridgehead atoms. The first kappa shape index (κ1) is 101. The van der Waals surface area contributed by atoms with Crippen molar-refractivity contribution < 1.29 is 95.3 Å². The summed E-state index contributed by atoms with van der Waals surface area (Å²) >= 11 is 0. The molecule has 0 aromatic rings. The molecule has 0 rings (SSSR count). The van der Waals surface area contributed by atoms with Gasteiger partial charge in [-0.1, -0.05) is 120 Å². The van der Waals surface area contributed by atoms with Crippen LogP contribution in [-0.4, -0.2) is 237 Å². The van der Waals surface area contributed by atoms with Gasteiger partial charge in [0.2, 0.25) is 74.9 Å². The Morgan fingerprint density at radius 1 is 0.173 bits per heavy atom. The average molecular weight is 1680 g/mol. The standard InChI is InChI=1S/C61H156O21Si16/c1-26-38-86(16,53-62)74-96(75-87(17,54-63)39-27-2,76-88(18,55-64)40-28-3)50-35-47-83(10,11)71-95(25,72-84(12,13)48-36-51-97(77-89(19,56-65)41-29-4,78-90(20,57-66)42-30-5)79-91(21,58-67)43-31-6)73-85(14,15)49-37-52-98(80-92(22,59-68)44-32-7,81-93(23,60-69)45-33-8)82-94(24,61-70)46-34-9/h62-70H,26-61H2,1-25H3. The van der Waals surface area contributed by atoms with Crippen LogP contribution in [0.2, 0.25) is 195 Å². The largest absolute Gasteiger partial charge is 0.469 e. The molecule has 37 heteroatoms. The molecule has 0 saturated heterocycles. The summed E-state index contributed by atoms with van der Waals surface area (Å²) in [4.78, 5) is 0. The van der Waals surface area contributed by atoms with E-state index in [0.29, 0.717) is 110 Å². The lowest BCUT2D eigenvalue weighted by atomic mass is 10.6. The molecule has 0 heterocycles. The van der Waals surface area contributed by atoms with Crippen LogP contribution in [-0.2, 0) is 49.4 Å². The summed E-state index contributed by atoms with van der Waals surface area (Å²) in [6, 6.07) is 9.40. The Labute approximate surface area is 616 Å². The van der Waals surface area contributed by atoms with Crippen LogP contribution >= 0.6 is 0 Å². The molecule has 590 valence electrons. The first-order valence-electron chi connectivity index (χ1n) is 38.1. The average Bonchev–Trinajstić information content (AvgIpc) is 0.797. The van der Waals surface area contributed by atoms with Crippen LogP contribution in [0.3, 0.4) is 0 Å². The SMILES string of the molecule is CCC[Si](C)(CO)O[Si](CCC[Si](C)(C)O[Si](C)(O[Si](C)(C)CCC[Si](O[Si](C)(CO)CCC)(O[Si](C)(CO)CCC)O[Si](C)(CO)CCC)O[Si](C)(C)CCC[Si](O[Si](C)(CO)CCC)(O[Si](C)(CO)CCC)O[Si](C)(CO)CCC)(O[Si](C)(CO)CCC)O[Si](C)(CO)CCC. The monoisotopic (exact) mass is 1670 g/mol. The predicted octanol–water partition coefficient (Wildman–Crippen LogP) is 14.0. The summed E-state index contributed by atoms with van der Waals surface area (Å²) in [5, 5.41) is 100. The Bertz CT molecular complexity index is 1780. The maximum absolute atomic E-state index is 11.2. The second-order valence-corrected chi connectivity index (χ2v) is 95.8. The van der Waals surface area contributed by atoms with E-state index in [1.807, 2.05) is 0 Å². The number of aliphatic hydroxyl groups is 9. The molecule has 21 nitrogen and oxygen atoms in total. The van der Waals surface area contributed by atoms with Crippen LogP contribution in [0.15, 0.2) is 0 Å². The highest BCUT2D eigenvalue weighted by Gasteiger charge is 2.59. The molecule has 9 N–H and O–H groups in total. The van der Waals surface area contributed by atoms with Gasteiger partial charge in [-0.2, -0.15) is 0 Å². The minimum Gasteiger partial charge on any atom is -0.417 e. The lowest BCUT2D eigenvalue weighted by molar-refractivity contribution is 0.208. The maximum Gasteiger partial charge on any atom is 0.469 e. The van der Waals surface area contributed by atoms with E-state index in [4.69, 9.17) is 49.4 Å². The van der Waals surface area contributed by atoms with E-state index in [1.54, 1.807) is 0 Å². The molecule has 0 radical (unpaired) electrons. The van der Waals surface area contributed by atoms with Gasteiger partial charge in [0.15, 0.2) is 25.0 Å². The number of aliphatic hydroxyl groups excluding tert-OH is 9.